The van der Waals surface area contributed by atoms with Crippen molar-refractivity contribution in [3.05, 3.63) is 27.7 Å². The zero-order chi connectivity index (χ0) is 12.4. The molecule has 0 radical (unpaired) electrons. The first-order chi connectivity index (χ1) is 8.08. The molecule has 2 rings (SSSR count). The van der Waals surface area contributed by atoms with Crippen LogP contribution in [0.5, 0.6) is 0 Å². The van der Waals surface area contributed by atoms with E-state index in [2.05, 4.69) is 10.6 Å². The van der Waals surface area contributed by atoms with Crippen LogP contribution in [0.1, 0.15) is 18.4 Å². The van der Waals surface area contributed by atoms with Crippen LogP contribution in [-0.4, -0.2) is 18.5 Å². The lowest BCUT2D eigenvalue weighted by Gasteiger charge is -2.13. The van der Waals surface area contributed by atoms with Crippen molar-refractivity contribution in [2.45, 2.75) is 25.8 Å². The molecule has 1 atom stereocenters. The fourth-order valence-electron chi connectivity index (χ4n) is 1.87. The first-order valence-corrected chi connectivity index (χ1v) is 6.33. The summed E-state index contributed by atoms with van der Waals surface area (Å²) >= 11 is 12.1. The van der Waals surface area contributed by atoms with Crippen molar-refractivity contribution in [2.24, 2.45) is 0 Å². The van der Waals surface area contributed by atoms with Gasteiger partial charge in [-0.15, -0.1) is 0 Å². The van der Waals surface area contributed by atoms with Crippen LogP contribution in [0.15, 0.2) is 12.1 Å². The molecule has 1 aromatic carbocycles. The van der Waals surface area contributed by atoms with E-state index >= 15 is 0 Å². The Kier molecular flexibility index (Phi) is 3.92. The number of carbonyl (C=O) groups excluding carboxylic acids is 1. The fourth-order valence-corrected chi connectivity index (χ4v) is 2.30. The van der Waals surface area contributed by atoms with Crippen LogP contribution in [0.4, 0.5) is 5.69 Å². The van der Waals surface area contributed by atoms with E-state index in [9.17, 15) is 4.79 Å². The molecular formula is C12H14Cl2N2O. The molecular weight excluding hydrogens is 259 g/mol. The second-order valence-electron chi connectivity index (χ2n) is 4.22. The van der Waals surface area contributed by atoms with Crippen molar-refractivity contribution in [1.82, 2.24) is 5.32 Å². The van der Waals surface area contributed by atoms with Crippen LogP contribution in [0, 0.1) is 6.92 Å². The van der Waals surface area contributed by atoms with Gasteiger partial charge in [0.15, 0.2) is 0 Å². The third kappa shape index (κ3) is 2.92. The Morgan fingerprint density at radius 1 is 1.41 bits per heavy atom. The predicted octanol–water partition coefficient (Wildman–Crippen LogP) is 2.99. The van der Waals surface area contributed by atoms with Crippen LogP contribution in [0.25, 0.3) is 0 Å². The Morgan fingerprint density at radius 3 is 2.82 bits per heavy atom. The minimum atomic E-state index is -0.119. The van der Waals surface area contributed by atoms with Crippen molar-refractivity contribution < 1.29 is 4.79 Å². The van der Waals surface area contributed by atoms with E-state index in [0.717, 1.165) is 24.9 Å². The van der Waals surface area contributed by atoms with Crippen molar-refractivity contribution in [3.8, 4) is 0 Å². The molecule has 0 aromatic heterocycles. The van der Waals surface area contributed by atoms with Gasteiger partial charge in [-0.3, -0.25) is 4.79 Å². The monoisotopic (exact) mass is 272 g/mol. The fraction of sp³-hybridized carbons (Fsp3) is 0.417. The van der Waals surface area contributed by atoms with Gasteiger partial charge in [0.05, 0.1) is 16.8 Å². The molecule has 0 unspecified atom stereocenters. The molecule has 0 aliphatic carbocycles. The number of hydrogen-bond donors (Lipinski definition) is 2. The molecule has 2 N–H and O–H groups in total. The van der Waals surface area contributed by atoms with Gasteiger partial charge in [0, 0.05) is 5.02 Å². The van der Waals surface area contributed by atoms with Crippen molar-refractivity contribution in [2.75, 3.05) is 11.9 Å². The first-order valence-electron chi connectivity index (χ1n) is 5.58. The van der Waals surface area contributed by atoms with Crippen LogP contribution in [-0.2, 0) is 4.79 Å². The summed E-state index contributed by atoms with van der Waals surface area (Å²) in [6, 6.07) is 3.32. The molecule has 1 saturated heterocycles. The molecule has 3 nitrogen and oxygen atoms in total. The number of nitrogens with one attached hydrogen (secondary N) is 2. The van der Waals surface area contributed by atoms with Crippen molar-refractivity contribution >= 4 is 34.8 Å². The van der Waals surface area contributed by atoms with Gasteiger partial charge in [0.1, 0.15) is 0 Å². The quantitative estimate of drug-likeness (QED) is 0.869. The maximum Gasteiger partial charge on any atom is 0.241 e. The Balaban J connectivity index is 2.12. The smallest absolute Gasteiger partial charge is 0.241 e. The Morgan fingerprint density at radius 2 is 2.18 bits per heavy atom. The summed E-state index contributed by atoms with van der Waals surface area (Å²) in [6.07, 6.45) is 1.89. The number of benzene rings is 1. The topological polar surface area (TPSA) is 41.1 Å². The molecule has 1 amide bonds. The molecule has 1 fully saturated rings. The number of amides is 1. The van der Waals surface area contributed by atoms with Gasteiger partial charge in [-0.1, -0.05) is 23.2 Å². The van der Waals surface area contributed by atoms with Gasteiger partial charge in [-0.2, -0.15) is 0 Å². The molecule has 92 valence electrons. The highest BCUT2D eigenvalue weighted by Crippen LogP contribution is 2.29. The summed E-state index contributed by atoms with van der Waals surface area (Å²) in [5.74, 6) is -0.0516. The summed E-state index contributed by atoms with van der Waals surface area (Å²) in [7, 11) is 0. The van der Waals surface area contributed by atoms with Crippen molar-refractivity contribution in [1.29, 1.82) is 0 Å². The van der Waals surface area contributed by atoms with Crippen molar-refractivity contribution in [3.63, 3.8) is 0 Å². The molecule has 5 heteroatoms. The van der Waals surface area contributed by atoms with E-state index in [-0.39, 0.29) is 11.9 Å². The maximum absolute atomic E-state index is 11.9. The Labute approximate surface area is 110 Å². The second kappa shape index (κ2) is 5.25. The van der Waals surface area contributed by atoms with E-state index < -0.39 is 0 Å². The van der Waals surface area contributed by atoms with Gasteiger partial charge in [-0.05, 0) is 44.0 Å². The summed E-state index contributed by atoms with van der Waals surface area (Å²) in [4.78, 5) is 11.9. The molecule has 0 bridgehead atoms. The minimum absolute atomic E-state index is 0.0516. The van der Waals surface area contributed by atoms with Gasteiger partial charge in [0.25, 0.3) is 0 Å². The van der Waals surface area contributed by atoms with E-state index in [1.165, 1.54) is 0 Å². The molecule has 1 aliphatic rings. The SMILES string of the molecule is Cc1cc(Cl)c(NC(=O)[C@H]2CCCN2)cc1Cl. The van der Waals surface area contributed by atoms with Gasteiger partial charge >= 0.3 is 0 Å². The zero-order valence-corrected chi connectivity index (χ0v) is 11.0. The Bertz CT molecular complexity index is 442. The number of carbonyl (C=O) groups is 1. The summed E-state index contributed by atoms with van der Waals surface area (Å²) in [6.45, 7) is 2.76. The maximum atomic E-state index is 11.9. The third-order valence-electron chi connectivity index (χ3n) is 2.88. The normalized spacial score (nSPS) is 19.4. The Hall–Kier alpha value is -0.770. The van der Waals surface area contributed by atoms with E-state index in [4.69, 9.17) is 23.2 Å². The lowest BCUT2D eigenvalue weighted by atomic mass is 10.2. The first kappa shape index (κ1) is 12.7. The van der Waals surface area contributed by atoms with E-state index in [1.807, 2.05) is 6.92 Å². The van der Waals surface area contributed by atoms with Gasteiger partial charge in [-0.25, -0.2) is 0 Å². The number of aryl methyl sites for hydroxylation is 1. The number of hydrogen-bond acceptors (Lipinski definition) is 2. The highest BCUT2D eigenvalue weighted by Gasteiger charge is 2.22. The highest BCUT2D eigenvalue weighted by atomic mass is 35.5. The molecule has 1 aliphatic heterocycles. The molecule has 0 spiro atoms. The molecule has 17 heavy (non-hydrogen) atoms. The standard InChI is InChI=1S/C12H14Cl2N2O/c1-7-5-9(14)11(6-8(7)13)16-12(17)10-3-2-4-15-10/h5-6,10,15H,2-4H2,1H3,(H,16,17)/t10-/m1/s1. The number of halogens is 2. The largest absolute Gasteiger partial charge is 0.323 e. The average molecular weight is 273 g/mol. The molecule has 1 aromatic rings. The molecule has 0 saturated carbocycles. The van der Waals surface area contributed by atoms with Crippen LogP contribution in [0.3, 0.4) is 0 Å². The summed E-state index contributed by atoms with van der Waals surface area (Å²) in [5.41, 5.74) is 1.47. The zero-order valence-electron chi connectivity index (χ0n) is 9.52. The van der Waals surface area contributed by atoms with E-state index in [0.29, 0.717) is 15.7 Å². The number of rotatable bonds is 2. The van der Waals surface area contributed by atoms with Crippen LogP contribution in [0.2, 0.25) is 10.0 Å². The van der Waals surface area contributed by atoms with Crippen LogP contribution >= 0.6 is 23.2 Å². The predicted molar refractivity (Wildman–Crippen MR) is 70.9 cm³/mol. The van der Waals surface area contributed by atoms with Gasteiger partial charge < -0.3 is 10.6 Å². The lowest BCUT2D eigenvalue weighted by molar-refractivity contribution is -0.117. The highest BCUT2D eigenvalue weighted by molar-refractivity contribution is 6.36. The summed E-state index contributed by atoms with van der Waals surface area (Å²) < 4.78 is 0. The lowest BCUT2D eigenvalue weighted by Crippen LogP contribution is -2.35. The minimum Gasteiger partial charge on any atom is -0.323 e. The molecule has 1 heterocycles. The third-order valence-corrected chi connectivity index (χ3v) is 3.60. The van der Waals surface area contributed by atoms with Crippen LogP contribution < -0.4 is 10.6 Å². The second-order valence-corrected chi connectivity index (χ2v) is 5.03. The summed E-state index contributed by atoms with van der Waals surface area (Å²) in [5, 5.41) is 7.05. The average Bonchev–Trinajstić information content (AvgIpc) is 2.79. The van der Waals surface area contributed by atoms with Gasteiger partial charge in [0.2, 0.25) is 5.91 Å². The van der Waals surface area contributed by atoms with E-state index in [1.54, 1.807) is 12.1 Å². The number of anilines is 1.